The fraction of sp³-hybridized carbons (Fsp3) is 0.357. The van der Waals surface area contributed by atoms with Gasteiger partial charge in [0.2, 0.25) is 0 Å². The van der Waals surface area contributed by atoms with E-state index in [1.165, 1.54) is 0 Å². The highest BCUT2D eigenvalue weighted by Gasteiger charge is 2.03. The molecule has 0 saturated carbocycles. The number of aromatic nitrogens is 1. The molecule has 0 bridgehead atoms. The lowest BCUT2D eigenvalue weighted by Gasteiger charge is -2.08. The molecule has 0 N–H and O–H groups in total. The SMILES string of the molecule is Cc1ccc(Br)cc1OCCCc1nc(CCl)cs1. The molecule has 0 aliphatic carbocycles. The van der Waals surface area contributed by atoms with Crippen LogP contribution in [0.4, 0.5) is 0 Å². The summed E-state index contributed by atoms with van der Waals surface area (Å²) in [6.45, 7) is 2.75. The van der Waals surface area contributed by atoms with Crippen molar-refractivity contribution in [1.82, 2.24) is 4.98 Å². The van der Waals surface area contributed by atoms with E-state index >= 15 is 0 Å². The molecule has 0 radical (unpaired) electrons. The molecule has 2 nitrogen and oxygen atoms in total. The summed E-state index contributed by atoms with van der Waals surface area (Å²) in [6, 6.07) is 6.07. The predicted molar refractivity (Wildman–Crippen MR) is 84.4 cm³/mol. The third-order valence-electron chi connectivity index (χ3n) is 2.68. The molecular weight excluding hydrogens is 346 g/mol. The summed E-state index contributed by atoms with van der Waals surface area (Å²) in [7, 11) is 0. The molecule has 0 aliphatic heterocycles. The first-order valence-electron chi connectivity index (χ1n) is 6.07. The molecule has 0 fully saturated rings. The van der Waals surface area contributed by atoms with Gasteiger partial charge in [-0.15, -0.1) is 22.9 Å². The maximum Gasteiger partial charge on any atom is 0.123 e. The average Bonchev–Trinajstić information content (AvgIpc) is 2.86. The molecule has 1 heterocycles. The predicted octanol–water partition coefficient (Wildman–Crippen LogP) is 4.96. The first-order chi connectivity index (χ1) is 9.19. The van der Waals surface area contributed by atoms with Crippen molar-refractivity contribution in [2.45, 2.75) is 25.6 Å². The van der Waals surface area contributed by atoms with Crippen molar-refractivity contribution in [3.63, 3.8) is 0 Å². The summed E-state index contributed by atoms with van der Waals surface area (Å²) in [5.41, 5.74) is 2.12. The summed E-state index contributed by atoms with van der Waals surface area (Å²) < 4.78 is 6.83. The van der Waals surface area contributed by atoms with Crippen LogP contribution in [-0.2, 0) is 12.3 Å². The van der Waals surface area contributed by atoms with E-state index in [-0.39, 0.29) is 0 Å². The van der Waals surface area contributed by atoms with Crippen LogP contribution >= 0.6 is 38.9 Å². The summed E-state index contributed by atoms with van der Waals surface area (Å²) in [4.78, 5) is 4.43. The zero-order chi connectivity index (χ0) is 13.7. The van der Waals surface area contributed by atoms with Gasteiger partial charge in [-0.3, -0.25) is 0 Å². The molecule has 2 rings (SSSR count). The lowest BCUT2D eigenvalue weighted by Crippen LogP contribution is -2.00. The Kier molecular flexibility index (Phi) is 5.67. The van der Waals surface area contributed by atoms with E-state index in [9.17, 15) is 0 Å². The van der Waals surface area contributed by atoms with Gasteiger partial charge in [0.15, 0.2) is 0 Å². The number of benzene rings is 1. The summed E-state index contributed by atoms with van der Waals surface area (Å²) in [5, 5.41) is 3.15. The number of ether oxygens (including phenoxy) is 1. The monoisotopic (exact) mass is 359 g/mol. The lowest BCUT2D eigenvalue weighted by atomic mass is 10.2. The topological polar surface area (TPSA) is 22.1 Å². The number of aryl methyl sites for hydroxylation is 2. The van der Waals surface area contributed by atoms with E-state index in [1.807, 2.05) is 23.6 Å². The highest BCUT2D eigenvalue weighted by atomic mass is 79.9. The quantitative estimate of drug-likeness (QED) is 0.536. The minimum absolute atomic E-state index is 0.490. The van der Waals surface area contributed by atoms with Crippen LogP contribution in [-0.4, -0.2) is 11.6 Å². The van der Waals surface area contributed by atoms with Crippen LogP contribution < -0.4 is 4.74 Å². The van der Waals surface area contributed by atoms with Crippen molar-refractivity contribution in [1.29, 1.82) is 0 Å². The largest absolute Gasteiger partial charge is 0.493 e. The first kappa shape index (κ1) is 14.8. The van der Waals surface area contributed by atoms with Crippen LogP contribution in [0.5, 0.6) is 5.75 Å². The fourth-order valence-electron chi connectivity index (χ4n) is 1.66. The summed E-state index contributed by atoms with van der Waals surface area (Å²) in [5.74, 6) is 1.43. The maximum absolute atomic E-state index is 5.79. The van der Waals surface area contributed by atoms with Gasteiger partial charge < -0.3 is 4.74 Å². The van der Waals surface area contributed by atoms with Crippen molar-refractivity contribution >= 4 is 38.9 Å². The molecule has 0 amide bonds. The molecule has 0 aliphatic rings. The van der Waals surface area contributed by atoms with E-state index in [0.717, 1.165) is 39.3 Å². The Balaban J connectivity index is 1.79. The third kappa shape index (κ3) is 4.48. The van der Waals surface area contributed by atoms with Crippen molar-refractivity contribution in [3.05, 3.63) is 44.3 Å². The van der Waals surface area contributed by atoms with Crippen LogP contribution in [0.1, 0.15) is 22.7 Å². The molecule has 0 atom stereocenters. The van der Waals surface area contributed by atoms with Gasteiger partial charge in [-0.25, -0.2) is 4.98 Å². The summed E-state index contributed by atoms with van der Waals surface area (Å²) >= 11 is 10.8. The van der Waals surface area contributed by atoms with Crippen molar-refractivity contribution in [2.24, 2.45) is 0 Å². The molecule has 1 aromatic carbocycles. The fourth-order valence-corrected chi connectivity index (χ4v) is 3.07. The zero-order valence-corrected chi connectivity index (χ0v) is 13.8. The standard InChI is InChI=1S/C14H15BrClNOS/c1-10-4-5-11(15)7-13(10)18-6-2-3-14-17-12(8-16)9-19-14/h4-5,7,9H,2-3,6,8H2,1H3. The Morgan fingerprint density at radius 1 is 1.42 bits per heavy atom. The van der Waals surface area contributed by atoms with Crippen LogP contribution in [0.25, 0.3) is 0 Å². The molecule has 19 heavy (non-hydrogen) atoms. The van der Waals surface area contributed by atoms with Crippen molar-refractivity contribution < 1.29 is 4.74 Å². The Morgan fingerprint density at radius 3 is 3.00 bits per heavy atom. The molecule has 0 saturated heterocycles. The minimum Gasteiger partial charge on any atom is -0.493 e. The minimum atomic E-state index is 0.490. The Labute approximate surface area is 130 Å². The molecule has 0 spiro atoms. The number of thiazole rings is 1. The number of rotatable bonds is 6. The summed E-state index contributed by atoms with van der Waals surface area (Å²) in [6.07, 6.45) is 1.90. The average molecular weight is 361 g/mol. The van der Waals surface area contributed by atoms with Crippen LogP contribution in [0.2, 0.25) is 0 Å². The van der Waals surface area contributed by atoms with Gasteiger partial charge in [0.1, 0.15) is 5.75 Å². The highest BCUT2D eigenvalue weighted by molar-refractivity contribution is 9.10. The van der Waals surface area contributed by atoms with Gasteiger partial charge in [0.05, 0.1) is 23.2 Å². The second-order valence-corrected chi connectivity index (χ2v) is 6.35. The second-order valence-electron chi connectivity index (χ2n) is 4.23. The molecule has 1 aromatic heterocycles. The molecular formula is C14H15BrClNOS. The highest BCUT2D eigenvalue weighted by Crippen LogP contribution is 2.23. The number of alkyl halides is 1. The van der Waals surface area contributed by atoms with E-state index in [1.54, 1.807) is 11.3 Å². The number of hydrogen-bond acceptors (Lipinski definition) is 3. The van der Waals surface area contributed by atoms with Crippen molar-refractivity contribution in [3.8, 4) is 5.75 Å². The van der Waals surface area contributed by atoms with Crippen LogP contribution in [0.3, 0.4) is 0 Å². The van der Waals surface area contributed by atoms with Gasteiger partial charge in [-0.2, -0.15) is 0 Å². The van der Waals surface area contributed by atoms with Gasteiger partial charge in [-0.1, -0.05) is 22.0 Å². The van der Waals surface area contributed by atoms with Gasteiger partial charge in [-0.05, 0) is 31.0 Å². The zero-order valence-electron chi connectivity index (χ0n) is 10.7. The molecule has 0 unspecified atom stereocenters. The molecule has 102 valence electrons. The Morgan fingerprint density at radius 2 is 2.26 bits per heavy atom. The van der Waals surface area contributed by atoms with E-state index in [0.29, 0.717) is 12.5 Å². The molecule has 2 aromatic rings. The van der Waals surface area contributed by atoms with E-state index < -0.39 is 0 Å². The number of halogens is 2. The number of hydrogen-bond donors (Lipinski definition) is 0. The van der Waals surface area contributed by atoms with Crippen molar-refractivity contribution in [2.75, 3.05) is 6.61 Å². The normalized spacial score (nSPS) is 10.7. The Hall–Kier alpha value is -0.580. The maximum atomic E-state index is 5.79. The third-order valence-corrected chi connectivity index (χ3v) is 4.40. The van der Waals surface area contributed by atoms with Gasteiger partial charge in [0.25, 0.3) is 0 Å². The van der Waals surface area contributed by atoms with Gasteiger partial charge >= 0.3 is 0 Å². The first-order valence-corrected chi connectivity index (χ1v) is 8.28. The van der Waals surface area contributed by atoms with Gasteiger partial charge in [0, 0.05) is 16.3 Å². The Bertz CT molecular complexity index is 544. The molecule has 5 heteroatoms. The lowest BCUT2D eigenvalue weighted by molar-refractivity contribution is 0.308. The van der Waals surface area contributed by atoms with Crippen LogP contribution in [0, 0.1) is 6.92 Å². The van der Waals surface area contributed by atoms with E-state index in [4.69, 9.17) is 16.3 Å². The second kappa shape index (κ2) is 7.27. The number of nitrogens with zero attached hydrogens (tertiary/aromatic N) is 1. The van der Waals surface area contributed by atoms with E-state index in [2.05, 4.69) is 27.8 Å². The van der Waals surface area contributed by atoms with Crippen LogP contribution in [0.15, 0.2) is 28.1 Å². The smallest absolute Gasteiger partial charge is 0.123 e.